The Morgan fingerprint density at radius 3 is 2.52 bits per heavy atom. The quantitative estimate of drug-likeness (QED) is 0.633. The van der Waals surface area contributed by atoms with E-state index in [2.05, 4.69) is 5.32 Å². The molecule has 21 heavy (non-hydrogen) atoms. The van der Waals surface area contributed by atoms with Crippen LogP contribution in [0.1, 0.15) is 16.7 Å². The highest BCUT2D eigenvalue weighted by Crippen LogP contribution is 2.14. The first-order valence-corrected chi connectivity index (χ1v) is 6.42. The van der Waals surface area contributed by atoms with Gasteiger partial charge in [0.15, 0.2) is 0 Å². The van der Waals surface area contributed by atoms with Gasteiger partial charge in [0.25, 0.3) is 5.69 Å². The molecule has 0 saturated carbocycles. The first-order valence-electron chi connectivity index (χ1n) is 6.42. The molecule has 0 aliphatic rings. The SMILES string of the molecule is O=[N+]([O-])c1cccc(CNCc2ccc(F)c(CO)c2)c1. The smallest absolute Gasteiger partial charge is 0.269 e. The van der Waals surface area contributed by atoms with Crippen molar-refractivity contribution in [2.24, 2.45) is 0 Å². The van der Waals surface area contributed by atoms with Crippen LogP contribution in [0.25, 0.3) is 0 Å². The number of nitro benzene ring substituents is 1. The van der Waals surface area contributed by atoms with E-state index in [1.807, 2.05) is 0 Å². The number of aliphatic hydroxyl groups is 1. The zero-order valence-corrected chi connectivity index (χ0v) is 11.3. The number of nitrogens with one attached hydrogen (secondary N) is 1. The molecule has 0 aromatic heterocycles. The molecule has 0 radical (unpaired) electrons. The fourth-order valence-electron chi connectivity index (χ4n) is 1.99. The summed E-state index contributed by atoms with van der Waals surface area (Å²) in [4.78, 5) is 10.2. The number of non-ortho nitro benzene ring substituents is 1. The summed E-state index contributed by atoms with van der Waals surface area (Å²) in [5.41, 5.74) is 1.95. The summed E-state index contributed by atoms with van der Waals surface area (Å²) in [6.07, 6.45) is 0. The second kappa shape index (κ2) is 6.92. The zero-order chi connectivity index (χ0) is 15.2. The molecule has 0 spiro atoms. The molecule has 2 rings (SSSR count). The molecule has 6 heteroatoms. The Balaban J connectivity index is 1.95. The van der Waals surface area contributed by atoms with Gasteiger partial charge in [0.05, 0.1) is 11.5 Å². The Morgan fingerprint density at radius 2 is 1.86 bits per heavy atom. The molecule has 0 aliphatic carbocycles. The third kappa shape index (κ3) is 4.08. The van der Waals surface area contributed by atoms with Crippen LogP contribution in [0.3, 0.4) is 0 Å². The standard InChI is InChI=1S/C15H15FN2O3/c16-15-5-4-12(6-13(15)10-19)9-17-8-11-2-1-3-14(7-11)18(20)21/h1-7,17,19H,8-10H2. The van der Waals surface area contributed by atoms with Gasteiger partial charge in [-0.15, -0.1) is 0 Å². The molecule has 0 saturated heterocycles. The van der Waals surface area contributed by atoms with E-state index < -0.39 is 10.7 Å². The maximum Gasteiger partial charge on any atom is 0.269 e. The van der Waals surface area contributed by atoms with Crippen LogP contribution in [0.4, 0.5) is 10.1 Å². The van der Waals surface area contributed by atoms with Crippen molar-refractivity contribution >= 4 is 5.69 Å². The molecule has 110 valence electrons. The average Bonchev–Trinajstić information content (AvgIpc) is 2.49. The highest BCUT2D eigenvalue weighted by atomic mass is 19.1. The van der Waals surface area contributed by atoms with Crippen molar-refractivity contribution in [3.05, 3.63) is 75.1 Å². The van der Waals surface area contributed by atoms with Gasteiger partial charge < -0.3 is 10.4 Å². The highest BCUT2D eigenvalue weighted by Gasteiger charge is 2.06. The minimum atomic E-state index is -0.434. The lowest BCUT2D eigenvalue weighted by molar-refractivity contribution is -0.384. The van der Waals surface area contributed by atoms with Crippen LogP contribution in [-0.4, -0.2) is 10.0 Å². The van der Waals surface area contributed by atoms with Crippen LogP contribution in [0.15, 0.2) is 42.5 Å². The van der Waals surface area contributed by atoms with Gasteiger partial charge in [-0.3, -0.25) is 10.1 Å². The molecule has 0 fully saturated rings. The molecular weight excluding hydrogens is 275 g/mol. The van der Waals surface area contributed by atoms with E-state index in [-0.39, 0.29) is 17.9 Å². The predicted octanol–water partition coefficient (Wildman–Crippen LogP) is 2.52. The number of benzene rings is 2. The zero-order valence-electron chi connectivity index (χ0n) is 11.3. The van der Waals surface area contributed by atoms with Crippen LogP contribution in [0.2, 0.25) is 0 Å². The summed E-state index contributed by atoms with van der Waals surface area (Å²) < 4.78 is 13.2. The molecule has 2 aromatic carbocycles. The van der Waals surface area contributed by atoms with Gasteiger partial charge in [-0.1, -0.05) is 18.2 Å². The Labute approximate surface area is 121 Å². The monoisotopic (exact) mass is 290 g/mol. The summed E-state index contributed by atoms with van der Waals surface area (Å²) in [5.74, 6) is -0.431. The minimum Gasteiger partial charge on any atom is -0.392 e. The lowest BCUT2D eigenvalue weighted by Gasteiger charge is -2.07. The van der Waals surface area contributed by atoms with Crippen LogP contribution in [-0.2, 0) is 19.7 Å². The van der Waals surface area contributed by atoms with E-state index in [4.69, 9.17) is 5.11 Å². The average molecular weight is 290 g/mol. The van der Waals surface area contributed by atoms with E-state index in [0.717, 1.165) is 11.1 Å². The Morgan fingerprint density at radius 1 is 1.14 bits per heavy atom. The van der Waals surface area contributed by atoms with Gasteiger partial charge in [-0.25, -0.2) is 4.39 Å². The molecule has 2 aromatic rings. The van der Waals surface area contributed by atoms with Crippen molar-refractivity contribution in [2.45, 2.75) is 19.7 Å². The van der Waals surface area contributed by atoms with Crippen LogP contribution in [0.5, 0.6) is 0 Å². The summed E-state index contributed by atoms with van der Waals surface area (Å²) in [6, 6.07) is 10.9. The second-order valence-electron chi connectivity index (χ2n) is 4.61. The van der Waals surface area contributed by atoms with Gasteiger partial charge in [0, 0.05) is 30.8 Å². The summed E-state index contributed by atoms with van der Waals surface area (Å²) in [6.45, 7) is 0.605. The summed E-state index contributed by atoms with van der Waals surface area (Å²) in [5, 5.41) is 22.8. The van der Waals surface area contributed by atoms with E-state index in [1.165, 1.54) is 18.2 Å². The van der Waals surface area contributed by atoms with E-state index in [1.54, 1.807) is 24.3 Å². The third-order valence-electron chi connectivity index (χ3n) is 3.06. The predicted molar refractivity (Wildman–Crippen MR) is 76.0 cm³/mol. The number of hydrogen-bond donors (Lipinski definition) is 2. The van der Waals surface area contributed by atoms with Crippen molar-refractivity contribution in [3.63, 3.8) is 0 Å². The topological polar surface area (TPSA) is 75.4 Å². The maximum absolute atomic E-state index is 13.2. The van der Waals surface area contributed by atoms with Crippen molar-refractivity contribution in [1.29, 1.82) is 0 Å². The number of nitro groups is 1. The maximum atomic E-state index is 13.2. The molecule has 2 N–H and O–H groups in total. The minimum absolute atomic E-state index is 0.0543. The van der Waals surface area contributed by atoms with E-state index in [9.17, 15) is 14.5 Å². The Bertz CT molecular complexity index is 647. The van der Waals surface area contributed by atoms with Gasteiger partial charge in [0.2, 0.25) is 0 Å². The fourth-order valence-corrected chi connectivity index (χ4v) is 1.99. The van der Waals surface area contributed by atoms with Crippen molar-refractivity contribution in [3.8, 4) is 0 Å². The fraction of sp³-hybridized carbons (Fsp3) is 0.200. The number of hydrogen-bond acceptors (Lipinski definition) is 4. The van der Waals surface area contributed by atoms with Crippen LogP contribution < -0.4 is 5.32 Å². The Kier molecular flexibility index (Phi) is 4.97. The van der Waals surface area contributed by atoms with Crippen molar-refractivity contribution < 1.29 is 14.4 Å². The lowest BCUT2D eigenvalue weighted by atomic mass is 10.1. The molecule has 5 nitrogen and oxygen atoms in total. The van der Waals surface area contributed by atoms with Crippen LogP contribution in [0, 0.1) is 15.9 Å². The van der Waals surface area contributed by atoms with Gasteiger partial charge >= 0.3 is 0 Å². The molecule has 0 heterocycles. The largest absolute Gasteiger partial charge is 0.392 e. The van der Waals surface area contributed by atoms with Gasteiger partial charge in [-0.05, 0) is 23.3 Å². The molecule has 0 aliphatic heterocycles. The molecule has 0 atom stereocenters. The van der Waals surface area contributed by atoms with Gasteiger partial charge in [0.1, 0.15) is 5.82 Å². The second-order valence-corrected chi connectivity index (χ2v) is 4.61. The lowest BCUT2D eigenvalue weighted by Crippen LogP contribution is -2.13. The van der Waals surface area contributed by atoms with Crippen molar-refractivity contribution in [1.82, 2.24) is 5.32 Å². The first-order chi connectivity index (χ1) is 10.1. The highest BCUT2D eigenvalue weighted by molar-refractivity contribution is 5.34. The van der Waals surface area contributed by atoms with Crippen molar-refractivity contribution in [2.75, 3.05) is 0 Å². The number of nitrogens with zero attached hydrogens (tertiary/aromatic N) is 1. The molecular formula is C15H15FN2O3. The molecule has 0 bridgehead atoms. The van der Waals surface area contributed by atoms with Crippen LogP contribution >= 0.6 is 0 Å². The summed E-state index contributed by atoms with van der Waals surface area (Å²) in [7, 11) is 0. The number of halogens is 1. The summed E-state index contributed by atoms with van der Waals surface area (Å²) >= 11 is 0. The third-order valence-corrected chi connectivity index (χ3v) is 3.06. The Hall–Kier alpha value is -2.31. The van der Waals surface area contributed by atoms with Gasteiger partial charge in [-0.2, -0.15) is 0 Å². The first kappa shape index (κ1) is 15.1. The molecule has 0 amide bonds. The van der Waals surface area contributed by atoms with E-state index >= 15 is 0 Å². The normalized spacial score (nSPS) is 10.6. The molecule has 0 unspecified atom stereocenters. The number of rotatable bonds is 6. The number of aliphatic hydroxyl groups excluding tert-OH is 1. The van der Waals surface area contributed by atoms with E-state index in [0.29, 0.717) is 13.1 Å².